The molecule has 0 spiro atoms. The fourth-order valence-corrected chi connectivity index (χ4v) is 4.06. The highest BCUT2D eigenvalue weighted by Gasteiger charge is 2.31. The molecule has 1 atom stereocenters. The SMILES string of the molecule is CS(=O)(=O)c1ccc(S(=O)(=O)N2CC[C@@H](O)C2)cc1. The first-order valence-electron chi connectivity index (χ1n) is 5.69. The average molecular weight is 305 g/mol. The minimum Gasteiger partial charge on any atom is -0.392 e. The van der Waals surface area contributed by atoms with E-state index in [-0.39, 0.29) is 22.9 Å². The van der Waals surface area contributed by atoms with Gasteiger partial charge in [-0.2, -0.15) is 4.31 Å². The molecule has 6 nitrogen and oxygen atoms in total. The molecule has 0 saturated carbocycles. The van der Waals surface area contributed by atoms with E-state index in [1.807, 2.05) is 0 Å². The highest BCUT2D eigenvalue weighted by Crippen LogP contribution is 2.22. The first-order valence-corrected chi connectivity index (χ1v) is 9.03. The summed E-state index contributed by atoms with van der Waals surface area (Å²) in [6.07, 6.45) is 0.846. The quantitative estimate of drug-likeness (QED) is 0.838. The van der Waals surface area contributed by atoms with Crippen molar-refractivity contribution in [1.82, 2.24) is 4.31 Å². The molecule has 1 heterocycles. The van der Waals surface area contributed by atoms with Crippen molar-refractivity contribution in [3.8, 4) is 0 Å². The number of β-amino-alcohol motifs (C(OH)–C–C–N with tert-alkyl or cyclic N) is 1. The third-order valence-electron chi connectivity index (χ3n) is 3.02. The number of sulfone groups is 1. The fraction of sp³-hybridized carbons (Fsp3) is 0.455. The lowest BCUT2D eigenvalue weighted by Crippen LogP contribution is -2.29. The van der Waals surface area contributed by atoms with Crippen LogP contribution in [0.5, 0.6) is 0 Å². The maximum absolute atomic E-state index is 12.2. The minimum atomic E-state index is -3.66. The largest absolute Gasteiger partial charge is 0.392 e. The molecule has 8 heteroatoms. The van der Waals surface area contributed by atoms with Gasteiger partial charge in [0.25, 0.3) is 0 Å². The summed E-state index contributed by atoms with van der Waals surface area (Å²) in [6, 6.07) is 5.09. The molecule has 0 bridgehead atoms. The van der Waals surface area contributed by atoms with Gasteiger partial charge in [0.05, 0.1) is 15.9 Å². The number of benzene rings is 1. The topological polar surface area (TPSA) is 91.8 Å². The van der Waals surface area contributed by atoms with E-state index >= 15 is 0 Å². The predicted octanol–water partition coefficient (Wildman–Crippen LogP) is -0.155. The van der Waals surface area contributed by atoms with Crippen LogP contribution in [-0.4, -0.2) is 51.7 Å². The van der Waals surface area contributed by atoms with E-state index < -0.39 is 26.0 Å². The van der Waals surface area contributed by atoms with Crippen molar-refractivity contribution in [2.75, 3.05) is 19.3 Å². The first kappa shape index (κ1) is 14.4. The zero-order chi connectivity index (χ0) is 14.3. The van der Waals surface area contributed by atoms with Gasteiger partial charge in [-0.1, -0.05) is 0 Å². The highest BCUT2D eigenvalue weighted by molar-refractivity contribution is 7.90. The van der Waals surface area contributed by atoms with Gasteiger partial charge in [-0.25, -0.2) is 16.8 Å². The van der Waals surface area contributed by atoms with Crippen LogP contribution in [0, 0.1) is 0 Å². The number of hydrogen-bond donors (Lipinski definition) is 1. The molecule has 1 aromatic carbocycles. The Morgan fingerprint density at radius 1 is 1.11 bits per heavy atom. The van der Waals surface area contributed by atoms with Crippen molar-refractivity contribution in [2.45, 2.75) is 22.3 Å². The molecule has 1 aliphatic heterocycles. The van der Waals surface area contributed by atoms with Crippen LogP contribution in [0.1, 0.15) is 6.42 Å². The van der Waals surface area contributed by atoms with E-state index in [1.54, 1.807) is 0 Å². The third kappa shape index (κ3) is 2.97. The number of nitrogens with zero attached hydrogens (tertiary/aromatic N) is 1. The number of hydrogen-bond acceptors (Lipinski definition) is 5. The van der Waals surface area contributed by atoms with Crippen LogP contribution in [0.25, 0.3) is 0 Å². The molecule has 19 heavy (non-hydrogen) atoms. The summed E-state index contributed by atoms with van der Waals surface area (Å²) in [5.74, 6) is 0. The van der Waals surface area contributed by atoms with Crippen molar-refractivity contribution in [3.05, 3.63) is 24.3 Å². The Labute approximate surface area is 112 Å². The molecule has 0 aromatic heterocycles. The summed E-state index contributed by atoms with van der Waals surface area (Å²) >= 11 is 0. The molecule has 1 saturated heterocycles. The lowest BCUT2D eigenvalue weighted by molar-refractivity contribution is 0.189. The molecule has 106 valence electrons. The molecule has 0 radical (unpaired) electrons. The maximum atomic E-state index is 12.2. The van der Waals surface area contributed by atoms with E-state index in [2.05, 4.69) is 0 Å². The zero-order valence-corrected chi connectivity index (χ0v) is 12.0. The van der Waals surface area contributed by atoms with Crippen LogP contribution < -0.4 is 0 Å². The second kappa shape index (κ2) is 4.86. The molecule has 2 rings (SSSR count). The number of aliphatic hydroxyl groups excluding tert-OH is 1. The van der Waals surface area contributed by atoms with Gasteiger partial charge in [0.2, 0.25) is 10.0 Å². The zero-order valence-electron chi connectivity index (χ0n) is 10.4. The molecule has 1 aliphatic rings. The van der Waals surface area contributed by atoms with Gasteiger partial charge >= 0.3 is 0 Å². The average Bonchev–Trinajstić information content (AvgIpc) is 2.76. The molecule has 0 aliphatic carbocycles. The standard InChI is InChI=1S/C11H15NO5S2/c1-18(14,15)10-2-4-11(5-3-10)19(16,17)12-7-6-9(13)8-12/h2-5,9,13H,6-8H2,1H3/t9-/m1/s1. The van der Waals surface area contributed by atoms with Crippen molar-refractivity contribution in [3.63, 3.8) is 0 Å². The summed E-state index contributed by atoms with van der Waals surface area (Å²) in [5.41, 5.74) is 0. The fourth-order valence-electron chi connectivity index (χ4n) is 1.94. The highest BCUT2D eigenvalue weighted by atomic mass is 32.2. The number of aliphatic hydroxyl groups is 1. The molecule has 0 amide bonds. The van der Waals surface area contributed by atoms with Crippen LogP contribution in [0.4, 0.5) is 0 Å². The lowest BCUT2D eigenvalue weighted by atomic mass is 10.3. The van der Waals surface area contributed by atoms with Crippen LogP contribution in [0.15, 0.2) is 34.1 Å². The van der Waals surface area contributed by atoms with Gasteiger partial charge in [0.1, 0.15) is 0 Å². The van der Waals surface area contributed by atoms with Gasteiger partial charge in [-0.05, 0) is 30.7 Å². The van der Waals surface area contributed by atoms with Crippen LogP contribution in [-0.2, 0) is 19.9 Å². The van der Waals surface area contributed by atoms with Crippen molar-refractivity contribution < 1.29 is 21.9 Å². The van der Waals surface area contributed by atoms with Gasteiger partial charge in [0, 0.05) is 19.3 Å². The lowest BCUT2D eigenvalue weighted by Gasteiger charge is -2.15. The van der Waals surface area contributed by atoms with Gasteiger partial charge < -0.3 is 5.11 Å². The Balaban J connectivity index is 2.32. The van der Waals surface area contributed by atoms with E-state index in [4.69, 9.17) is 0 Å². The Bertz CT molecular complexity index is 664. The van der Waals surface area contributed by atoms with Gasteiger partial charge in [-0.3, -0.25) is 0 Å². The summed E-state index contributed by atoms with van der Waals surface area (Å²) in [4.78, 5) is 0.113. The van der Waals surface area contributed by atoms with Crippen molar-refractivity contribution >= 4 is 19.9 Å². The van der Waals surface area contributed by atoms with E-state index in [0.29, 0.717) is 6.42 Å². The minimum absolute atomic E-state index is 0.0361. The van der Waals surface area contributed by atoms with Crippen LogP contribution in [0.3, 0.4) is 0 Å². The van der Waals surface area contributed by atoms with E-state index in [1.165, 1.54) is 28.6 Å². The number of rotatable bonds is 3. The maximum Gasteiger partial charge on any atom is 0.243 e. The smallest absolute Gasteiger partial charge is 0.243 e. The first-order chi connectivity index (χ1) is 8.71. The molecular weight excluding hydrogens is 290 g/mol. The molecule has 0 unspecified atom stereocenters. The monoisotopic (exact) mass is 305 g/mol. The Morgan fingerprint density at radius 2 is 1.63 bits per heavy atom. The Hall–Kier alpha value is -0.960. The molecule has 1 fully saturated rings. The third-order valence-corrected chi connectivity index (χ3v) is 6.02. The van der Waals surface area contributed by atoms with Gasteiger partial charge in [-0.15, -0.1) is 0 Å². The van der Waals surface area contributed by atoms with E-state index in [0.717, 1.165) is 6.26 Å². The van der Waals surface area contributed by atoms with Crippen LogP contribution in [0.2, 0.25) is 0 Å². The summed E-state index contributed by atoms with van der Waals surface area (Å²) in [5, 5.41) is 9.38. The Morgan fingerprint density at radius 3 is 2.05 bits per heavy atom. The molecule has 1 N–H and O–H groups in total. The summed E-state index contributed by atoms with van der Waals surface area (Å²) in [7, 11) is -7.00. The summed E-state index contributed by atoms with van der Waals surface area (Å²) in [6.45, 7) is 0.355. The second-order valence-corrected chi connectivity index (χ2v) is 8.50. The summed E-state index contributed by atoms with van der Waals surface area (Å²) < 4.78 is 48.2. The molecular formula is C11H15NO5S2. The van der Waals surface area contributed by atoms with Crippen molar-refractivity contribution in [2.24, 2.45) is 0 Å². The molecule has 1 aromatic rings. The van der Waals surface area contributed by atoms with Gasteiger partial charge in [0.15, 0.2) is 9.84 Å². The number of sulfonamides is 1. The van der Waals surface area contributed by atoms with Crippen LogP contribution >= 0.6 is 0 Å². The van der Waals surface area contributed by atoms with E-state index in [9.17, 15) is 21.9 Å². The Kier molecular flexibility index (Phi) is 3.69. The predicted molar refractivity (Wildman–Crippen MR) is 68.9 cm³/mol. The normalized spacial score (nSPS) is 21.7. The second-order valence-electron chi connectivity index (χ2n) is 4.55. The van der Waals surface area contributed by atoms with Crippen molar-refractivity contribution in [1.29, 1.82) is 0 Å².